The van der Waals surface area contributed by atoms with Gasteiger partial charge in [0.15, 0.2) is 0 Å². The van der Waals surface area contributed by atoms with E-state index in [1.165, 1.54) is 18.2 Å². The van der Waals surface area contributed by atoms with E-state index in [0.717, 1.165) is 24.4 Å². The fourth-order valence-corrected chi connectivity index (χ4v) is 3.24. The molecule has 0 aliphatic carbocycles. The molecule has 0 atom stereocenters. The van der Waals surface area contributed by atoms with Gasteiger partial charge in [-0.05, 0) is 36.8 Å². The van der Waals surface area contributed by atoms with E-state index < -0.39 is 27.8 Å². The number of pyridine rings is 1. The zero-order chi connectivity index (χ0) is 21.4. The van der Waals surface area contributed by atoms with Gasteiger partial charge in [0.05, 0.1) is 10.5 Å². The first-order chi connectivity index (χ1) is 13.7. The van der Waals surface area contributed by atoms with Gasteiger partial charge in [0.1, 0.15) is 5.69 Å². The van der Waals surface area contributed by atoms with Crippen LogP contribution in [0.25, 0.3) is 0 Å². The van der Waals surface area contributed by atoms with E-state index in [0.29, 0.717) is 19.6 Å². The largest absolute Gasteiger partial charge is 0.477 e. The van der Waals surface area contributed by atoms with E-state index in [9.17, 15) is 22.8 Å². The monoisotopic (exact) mass is 421 g/mol. The molecule has 0 fully saturated rings. The van der Waals surface area contributed by atoms with E-state index >= 15 is 0 Å². The predicted octanol–water partition coefficient (Wildman–Crippen LogP) is 0.665. The van der Waals surface area contributed by atoms with Gasteiger partial charge in [-0.2, -0.15) is 0 Å². The second-order valence-electron chi connectivity index (χ2n) is 5.80. The molecule has 2 aromatic rings. The molecule has 1 aromatic carbocycles. The van der Waals surface area contributed by atoms with Crippen molar-refractivity contribution in [3.63, 3.8) is 0 Å². The minimum atomic E-state index is -4.26. The molecule has 0 spiro atoms. The summed E-state index contributed by atoms with van der Waals surface area (Å²) in [7, 11) is -2.72. The van der Waals surface area contributed by atoms with Gasteiger partial charge < -0.3 is 15.2 Å². The highest BCUT2D eigenvalue weighted by molar-refractivity contribution is 7.90. The third kappa shape index (κ3) is 6.09. The van der Waals surface area contributed by atoms with Gasteiger partial charge >= 0.3 is 5.97 Å². The maximum atomic E-state index is 12.5. The normalized spacial score (nSPS) is 10.9. The van der Waals surface area contributed by atoms with Crippen LogP contribution in [0.3, 0.4) is 0 Å². The Labute approximate surface area is 167 Å². The summed E-state index contributed by atoms with van der Waals surface area (Å²) in [6.45, 7) is 0.836. The summed E-state index contributed by atoms with van der Waals surface area (Å²) in [6, 6.07) is 7.44. The van der Waals surface area contributed by atoms with Gasteiger partial charge in [-0.25, -0.2) is 22.9 Å². The van der Waals surface area contributed by atoms with Gasteiger partial charge in [0, 0.05) is 32.0 Å². The summed E-state index contributed by atoms with van der Waals surface area (Å²) in [4.78, 5) is 38.4. The smallest absolute Gasteiger partial charge is 0.354 e. The van der Waals surface area contributed by atoms with Crippen LogP contribution in [0, 0.1) is 0 Å². The molecule has 29 heavy (non-hydrogen) atoms. The molecule has 11 heteroatoms. The van der Waals surface area contributed by atoms with Crippen molar-refractivity contribution in [2.24, 2.45) is 0 Å². The molecule has 0 bridgehead atoms. The summed E-state index contributed by atoms with van der Waals surface area (Å²) >= 11 is 0. The lowest BCUT2D eigenvalue weighted by Crippen LogP contribution is -2.31. The number of aromatic carboxylic acids is 1. The number of hydrogen-bond acceptors (Lipinski definition) is 7. The van der Waals surface area contributed by atoms with Crippen LogP contribution in [0.2, 0.25) is 0 Å². The minimum absolute atomic E-state index is 0.116. The van der Waals surface area contributed by atoms with Crippen molar-refractivity contribution in [1.82, 2.24) is 15.0 Å². The summed E-state index contributed by atoms with van der Waals surface area (Å²) in [5, 5.41) is 11.4. The van der Waals surface area contributed by atoms with Gasteiger partial charge in [0.2, 0.25) is 0 Å². The van der Waals surface area contributed by atoms with Crippen molar-refractivity contribution < 1.29 is 32.6 Å². The Morgan fingerprint density at radius 2 is 1.86 bits per heavy atom. The number of methoxy groups -OCH3 is 1. The number of nitrogens with zero attached hydrogens (tertiary/aromatic N) is 1. The first-order valence-electron chi connectivity index (χ1n) is 8.38. The summed E-state index contributed by atoms with van der Waals surface area (Å²) in [5.41, 5.74) is -0.301. The molecule has 0 saturated heterocycles. The number of rotatable bonds is 9. The highest BCUT2D eigenvalue weighted by Gasteiger charge is 2.20. The Balaban J connectivity index is 2.11. The standard InChI is InChI=1S/C18H19N3O7S/c1-28-9-3-8-19-16(22)12-4-2-5-14(10-12)29(26,27)21-17(23)13-6-7-15(18(24)25)20-11-13/h2,4-7,10-11H,3,8-9H2,1H3,(H,19,22)(H,21,23)(H,24,25). The van der Waals surface area contributed by atoms with E-state index in [4.69, 9.17) is 9.84 Å². The lowest BCUT2D eigenvalue weighted by Gasteiger charge is -2.09. The molecule has 2 rings (SSSR count). The Kier molecular flexibility index (Phi) is 7.39. The second kappa shape index (κ2) is 9.75. The van der Waals surface area contributed by atoms with Crippen LogP contribution in [-0.2, 0) is 14.8 Å². The Bertz CT molecular complexity index is 1000. The van der Waals surface area contributed by atoms with Crippen LogP contribution in [0.1, 0.15) is 37.6 Å². The molecule has 1 heterocycles. The first kappa shape index (κ1) is 22.0. The lowest BCUT2D eigenvalue weighted by molar-refractivity contribution is 0.0689. The van der Waals surface area contributed by atoms with Crippen molar-refractivity contribution in [3.8, 4) is 0 Å². The van der Waals surface area contributed by atoms with Crippen molar-refractivity contribution >= 4 is 27.8 Å². The van der Waals surface area contributed by atoms with Gasteiger partial charge in [-0.15, -0.1) is 0 Å². The lowest BCUT2D eigenvalue weighted by atomic mass is 10.2. The molecule has 3 N–H and O–H groups in total. The highest BCUT2D eigenvalue weighted by Crippen LogP contribution is 2.12. The Hall–Kier alpha value is -3.31. The first-order valence-corrected chi connectivity index (χ1v) is 9.86. The maximum Gasteiger partial charge on any atom is 0.354 e. The Morgan fingerprint density at radius 3 is 2.48 bits per heavy atom. The van der Waals surface area contributed by atoms with Gasteiger partial charge in [-0.3, -0.25) is 9.59 Å². The molecular formula is C18H19N3O7S. The van der Waals surface area contributed by atoms with Crippen molar-refractivity contribution in [2.45, 2.75) is 11.3 Å². The molecule has 0 aliphatic heterocycles. The number of nitrogens with one attached hydrogen (secondary N) is 2. The van der Waals surface area contributed by atoms with Crippen molar-refractivity contribution in [3.05, 3.63) is 59.4 Å². The zero-order valence-electron chi connectivity index (χ0n) is 15.4. The summed E-state index contributed by atoms with van der Waals surface area (Å²) < 4.78 is 31.7. The average Bonchev–Trinajstić information content (AvgIpc) is 2.71. The molecule has 2 amide bonds. The summed E-state index contributed by atoms with van der Waals surface area (Å²) in [6.07, 6.45) is 1.56. The van der Waals surface area contributed by atoms with Crippen LogP contribution in [0.5, 0.6) is 0 Å². The molecule has 10 nitrogen and oxygen atoms in total. The van der Waals surface area contributed by atoms with E-state index in [-0.39, 0.29) is 21.7 Å². The predicted molar refractivity (Wildman–Crippen MR) is 101 cm³/mol. The second-order valence-corrected chi connectivity index (χ2v) is 7.48. The fourth-order valence-electron chi connectivity index (χ4n) is 2.22. The zero-order valence-corrected chi connectivity index (χ0v) is 16.2. The molecule has 0 saturated carbocycles. The van der Waals surface area contributed by atoms with E-state index in [2.05, 4.69) is 10.3 Å². The van der Waals surface area contributed by atoms with E-state index in [1.807, 2.05) is 4.72 Å². The van der Waals surface area contributed by atoms with Crippen LogP contribution in [0.4, 0.5) is 0 Å². The summed E-state index contributed by atoms with van der Waals surface area (Å²) in [5.74, 6) is -2.72. The Morgan fingerprint density at radius 1 is 1.10 bits per heavy atom. The fraction of sp³-hybridized carbons (Fsp3) is 0.222. The third-order valence-corrected chi connectivity index (χ3v) is 5.02. The number of carbonyl (C=O) groups excluding carboxylic acids is 2. The molecule has 0 aliphatic rings. The van der Waals surface area contributed by atoms with Crippen LogP contribution >= 0.6 is 0 Å². The van der Waals surface area contributed by atoms with Crippen LogP contribution < -0.4 is 10.0 Å². The topological polar surface area (TPSA) is 152 Å². The molecule has 0 unspecified atom stereocenters. The number of sulfonamides is 1. The van der Waals surface area contributed by atoms with Gasteiger partial charge in [0.25, 0.3) is 21.8 Å². The maximum absolute atomic E-state index is 12.5. The molecule has 0 radical (unpaired) electrons. The SMILES string of the molecule is COCCCNC(=O)c1cccc(S(=O)(=O)NC(=O)c2ccc(C(=O)O)nc2)c1. The van der Waals surface area contributed by atoms with Crippen LogP contribution in [0.15, 0.2) is 47.5 Å². The number of aromatic nitrogens is 1. The molecular weight excluding hydrogens is 402 g/mol. The van der Waals surface area contributed by atoms with Crippen LogP contribution in [-0.4, -0.2) is 56.6 Å². The number of carboxylic acid groups (broad SMARTS) is 1. The highest BCUT2D eigenvalue weighted by atomic mass is 32.2. The number of ether oxygens (including phenoxy) is 1. The third-order valence-electron chi connectivity index (χ3n) is 3.69. The molecule has 1 aromatic heterocycles. The number of benzene rings is 1. The quantitative estimate of drug-likeness (QED) is 0.500. The van der Waals surface area contributed by atoms with Gasteiger partial charge in [-0.1, -0.05) is 6.07 Å². The minimum Gasteiger partial charge on any atom is -0.477 e. The number of hydrogen-bond donors (Lipinski definition) is 3. The number of amides is 2. The number of carboxylic acids is 1. The average molecular weight is 421 g/mol. The number of carbonyl (C=O) groups is 3. The van der Waals surface area contributed by atoms with E-state index in [1.54, 1.807) is 7.11 Å². The molecule has 154 valence electrons. The van der Waals surface area contributed by atoms with Crippen molar-refractivity contribution in [2.75, 3.05) is 20.3 Å². The van der Waals surface area contributed by atoms with Crippen molar-refractivity contribution in [1.29, 1.82) is 0 Å².